The molecule has 25 heavy (non-hydrogen) atoms. The number of H-pyrrole nitrogens is 2. The van der Waals surface area contributed by atoms with Crippen molar-refractivity contribution in [1.29, 1.82) is 0 Å². The first-order valence-corrected chi connectivity index (χ1v) is 7.89. The Kier molecular flexibility index (Phi) is 4.60. The summed E-state index contributed by atoms with van der Waals surface area (Å²) in [5.41, 5.74) is 2.10. The van der Waals surface area contributed by atoms with Crippen LogP contribution in [0, 0.1) is 6.92 Å². The topological polar surface area (TPSA) is 96.1 Å². The van der Waals surface area contributed by atoms with Crippen LogP contribution in [0.25, 0.3) is 10.9 Å². The van der Waals surface area contributed by atoms with Gasteiger partial charge in [-0.15, -0.1) is 0 Å². The molecule has 0 fully saturated rings. The quantitative estimate of drug-likeness (QED) is 0.706. The lowest BCUT2D eigenvalue weighted by Gasteiger charge is -2.19. The van der Waals surface area contributed by atoms with Gasteiger partial charge in [-0.2, -0.15) is 4.98 Å². The Morgan fingerprint density at radius 3 is 2.72 bits per heavy atom. The van der Waals surface area contributed by atoms with Crippen LogP contribution in [0.5, 0.6) is 11.5 Å². The van der Waals surface area contributed by atoms with E-state index in [2.05, 4.69) is 19.9 Å². The molecule has 0 spiro atoms. The predicted octanol–water partition coefficient (Wildman–Crippen LogP) is 1.65. The fourth-order valence-corrected chi connectivity index (χ4v) is 2.85. The number of aromatic nitrogens is 4. The molecule has 0 unspecified atom stereocenters. The zero-order valence-electron chi connectivity index (χ0n) is 14.7. The minimum Gasteiger partial charge on any atom is -0.493 e. The number of hydrogen-bond acceptors (Lipinski definition) is 6. The summed E-state index contributed by atoms with van der Waals surface area (Å²) in [6.45, 7) is 2.51. The highest BCUT2D eigenvalue weighted by Gasteiger charge is 2.17. The van der Waals surface area contributed by atoms with Crippen LogP contribution >= 0.6 is 0 Å². The van der Waals surface area contributed by atoms with Crippen molar-refractivity contribution in [2.45, 2.75) is 13.3 Å². The molecule has 0 aliphatic heterocycles. The molecule has 8 nitrogen and oxygen atoms in total. The van der Waals surface area contributed by atoms with Gasteiger partial charge in [0.25, 0.3) is 5.56 Å². The highest BCUT2D eigenvalue weighted by Crippen LogP contribution is 2.35. The summed E-state index contributed by atoms with van der Waals surface area (Å²) in [7, 11) is 5.00. The molecular formula is C17H21N5O3. The third-order valence-corrected chi connectivity index (χ3v) is 4.21. The third kappa shape index (κ3) is 3.15. The van der Waals surface area contributed by atoms with Crippen molar-refractivity contribution in [2.24, 2.45) is 0 Å². The van der Waals surface area contributed by atoms with Crippen molar-refractivity contribution in [3.05, 3.63) is 40.2 Å². The Morgan fingerprint density at radius 1 is 1.28 bits per heavy atom. The summed E-state index contributed by atoms with van der Waals surface area (Å²) in [4.78, 5) is 28.9. The van der Waals surface area contributed by atoms with Crippen LogP contribution in [0.2, 0.25) is 0 Å². The number of nitrogens with zero attached hydrogens (tertiary/aromatic N) is 3. The zero-order chi connectivity index (χ0) is 18.0. The summed E-state index contributed by atoms with van der Waals surface area (Å²) in [6, 6.07) is 1.76. The highest BCUT2D eigenvalue weighted by atomic mass is 16.5. The lowest BCUT2D eigenvalue weighted by molar-refractivity contribution is 0.354. The SMILES string of the molecule is COc1cc2[nH]c(N(C)CCc3cnc[nH]3)nc(=O)c2c(C)c1OC. The number of fused-ring (bicyclic) bond motifs is 1. The Hall–Kier alpha value is -3.03. The van der Waals surface area contributed by atoms with Crippen molar-refractivity contribution >= 4 is 16.9 Å². The fraction of sp³-hybridized carbons (Fsp3) is 0.353. The van der Waals surface area contributed by atoms with Gasteiger partial charge in [-0.1, -0.05) is 0 Å². The van der Waals surface area contributed by atoms with Crippen molar-refractivity contribution in [3.63, 3.8) is 0 Å². The smallest absolute Gasteiger partial charge is 0.282 e. The Bertz CT molecular complexity index is 934. The molecule has 132 valence electrons. The first kappa shape index (κ1) is 16.8. The third-order valence-electron chi connectivity index (χ3n) is 4.21. The number of hydrogen-bond donors (Lipinski definition) is 2. The van der Waals surface area contributed by atoms with Gasteiger partial charge in [-0.3, -0.25) is 4.79 Å². The van der Waals surface area contributed by atoms with Gasteiger partial charge in [0.1, 0.15) is 0 Å². The van der Waals surface area contributed by atoms with E-state index in [4.69, 9.17) is 9.47 Å². The predicted molar refractivity (Wildman–Crippen MR) is 95.8 cm³/mol. The van der Waals surface area contributed by atoms with Crippen molar-refractivity contribution in [1.82, 2.24) is 19.9 Å². The second-order valence-electron chi connectivity index (χ2n) is 5.77. The van der Waals surface area contributed by atoms with E-state index in [1.54, 1.807) is 32.8 Å². The summed E-state index contributed by atoms with van der Waals surface area (Å²) >= 11 is 0. The number of anilines is 1. The van der Waals surface area contributed by atoms with Crippen LogP contribution in [0.15, 0.2) is 23.4 Å². The minimum absolute atomic E-state index is 0.296. The van der Waals surface area contributed by atoms with E-state index in [0.29, 0.717) is 40.5 Å². The zero-order valence-corrected chi connectivity index (χ0v) is 14.7. The van der Waals surface area contributed by atoms with Crippen molar-refractivity contribution < 1.29 is 9.47 Å². The Morgan fingerprint density at radius 2 is 2.08 bits per heavy atom. The van der Waals surface area contributed by atoms with Crippen molar-refractivity contribution in [3.8, 4) is 11.5 Å². The van der Waals surface area contributed by atoms with Crippen LogP contribution < -0.4 is 19.9 Å². The van der Waals surface area contributed by atoms with Gasteiger partial charge >= 0.3 is 0 Å². The van der Waals surface area contributed by atoms with Gasteiger partial charge in [-0.25, -0.2) is 4.98 Å². The van der Waals surface area contributed by atoms with E-state index in [0.717, 1.165) is 12.1 Å². The average molecular weight is 343 g/mol. The molecule has 0 amide bonds. The van der Waals surface area contributed by atoms with Gasteiger partial charge in [0.2, 0.25) is 5.95 Å². The largest absolute Gasteiger partial charge is 0.493 e. The van der Waals surface area contributed by atoms with E-state index >= 15 is 0 Å². The number of ether oxygens (including phenoxy) is 2. The molecule has 0 saturated heterocycles. The standard InChI is InChI=1S/C17H21N5O3/c1-10-14-12(7-13(24-3)15(10)25-4)20-17(21-16(14)23)22(2)6-5-11-8-18-9-19-11/h7-9H,5-6H2,1-4H3,(H,18,19)(H,20,21,23). The second-order valence-corrected chi connectivity index (χ2v) is 5.77. The lowest BCUT2D eigenvalue weighted by atomic mass is 10.1. The number of benzene rings is 1. The highest BCUT2D eigenvalue weighted by molar-refractivity contribution is 5.86. The monoisotopic (exact) mass is 343 g/mol. The molecule has 0 bridgehead atoms. The maximum Gasteiger partial charge on any atom is 0.282 e. The average Bonchev–Trinajstić information content (AvgIpc) is 3.12. The van der Waals surface area contributed by atoms with E-state index in [9.17, 15) is 4.79 Å². The molecule has 3 aromatic rings. The Labute approximate surface area is 144 Å². The second kappa shape index (κ2) is 6.84. The fourth-order valence-electron chi connectivity index (χ4n) is 2.85. The van der Waals surface area contributed by atoms with Gasteiger partial charge in [0.05, 0.1) is 31.4 Å². The number of nitrogens with one attached hydrogen (secondary N) is 2. The first-order chi connectivity index (χ1) is 12.0. The van der Waals surface area contributed by atoms with E-state index in [1.165, 1.54) is 0 Å². The van der Waals surface area contributed by atoms with Crippen LogP contribution in [0.3, 0.4) is 0 Å². The maximum atomic E-state index is 12.6. The molecule has 2 aromatic heterocycles. The number of likely N-dealkylation sites (N-methyl/N-ethyl adjacent to an activating group) is 1. The number of methoxy groups -OCH3 is 2. The van der Waals surface area contributed by atoms with Gasteiger partial charge in [0, 0.05) is 43.5 Å². The van der Waals surface area contributed by atoms with Gasteiger partial charge < -0.3 is 24.3 Å². The maximum absolute atomic E-state index is 12.6. The summed E-state index contributed by atoms with van der Waals surface area (Å²) in [5.74, 6) is 1.62. The summed E-state index contributed by atoms with van der Waals surface area (Å²) < 4.78 is 10.7. The van der Waals surface area contributed by atoms with E-state index in [1.807, 2.05) is 18.9 Å². The summed E-state index contributed by atoms with van der Waals surface area (Å²) in [6.07, 6.45) is 4.20. The van der Waals surface area contributed by atoms with E-state index in [-0.39, 0.29) is 5.56 Å². The van der Waals surface area contributed by atoms with Crippen molar-refractivity contribution in [2.75, 3.05) is 32.7 Å². The number of rotatable bonds is 6. The molecule has 0 aliphatic carbocycles. The van der Waals surface area contributed by atoms with Crippen LogP contribution in [0.4, 0.5) is 5.95 Å². The minimum atomic E-state index is -0.296. The molecule has 8 heteroatoms. The molecule has 2 heterocycles. The molecular weight excluding hydrogens is 322 g/mol. The molecule has 0 saturated carbocycles. The molecule has 0 aliphatic rings. The van der Waals surface area contributed by atoms with E-state index < -0.39 is 0 Å². The number of aryl methyl sites for hydroxylation is 1. The van der Waals surface area contributed by atoms with Crippen LogP contribution in [-0.4, -0.2) is 47.7 Å². The van der Waals surface area contributed by atoms with Crippen LogP contribution in [0.1, 0.15) is 11.3 Å². The normalized spacial score (nSPS) is 10.9. The molecule has 2 N–H and O–H groups in total. The van der Waals surface area contributed by atoms with Crippen LogP contribution in [-0.2, 0) is 6.42 Å². The summed E-state index contributed by atoms with van der Waals surface area (Å²) in [5, 5.41) is 0.503. The van der Waals surface area contributed by atoms with Gasteiger partial charge in [0.15, 0.2) is 11.5 Å². The molecule has 1 aromatic carbocycles. The van der Waals surface area contributed by atoms with Gasteiger partial charge in [-0.05, 0) is 6.92 Å². The molecule has 3 rings (SSSR count). The number of aromatic amines is 2. The number of imidazole rings is 1. The lowest BCUT2D eigenvalue weighted by Crippen LogP contribution is -2.25. The Balaban J connectivity index is 1.99. The molecule has 0 radical (unpaired) electrons. The first-order valence-electron chi connectivity index (χ1n) is 7.89. The molecule has 0 atom stereocenters.